The van der Waals surface area contributed by atoms with Crippen LogP contribution in [0.3, 0.4) is 0 Å². The summed E-state index contributed by atoms with van der Waals surface area (Å²) in [7, 11) is 0. The highest BCUT2D eigenvalue weighted by Gasteiger charge is 2.27. The topological polar surface area (TPSA) is 34.1 Å². The monoisotopic (exact) mass is 250 g/mol. The maximum Gasteiger partial charge on any atom is 0.133 e. The summed E-state index contributed by atoms with van der Waals surface area (Å²) >= 11 is 0. The molecule has 2 rings (SSSR count). The van der Waals surface area contributed by atoms with Crippen molar-refractivity contribution in [2.45, 2.75) is 77.0 Å². The zero-order valence-corrected chi connectivity index (χ0v) is 11.5. The van der Waals surface area contributed by atoms with Crippen LogP contribution in [0.2, 0.25) is 0 Å². The second-order valence-corrected chi connectivity index (χ2v) is 6.20. The maximum atomic E-state index is 11.8. The predicted molar refractivity (Wildman–Crippen MR) is 72.4 cm³/mol. The third-order valence-electron chi connectivity index (χ3n) is 4.71. The van der Waals surface area contributed by atoms with Crippen molar-refractivity contribution in [3.8, 4) is 0 Å². The molecule has 0 amide bonds. The average molecular weight is 250 g/mol. The van der Waals surface area contributed by atoms with E-state index in [-0.39, 0.29) is 0 Å². The fraction of sp³-hybridized carbons (Fsp3) is 0.875. The first-order valence-electron chi connectivity index (χ1n) is 7.79. The van der Waals surface area contributed by atoms with Gasteiger partial charge in [-0.1, -0.05) is 25.7 Å². The van der Waals surface area contributed by atoms with Gasteiger partial charge >= 0.3 is 0 Å². The molecule has 2 aliphatic carbocycles. The van der Waals surface area contributed by atoms with Crippen LogP contribution < -0.4 is 0 Å². The van der Waals surface area contributed by atoms with Crippen LogP contribution in [0.15, 0.2) is 0 Å². The number of hydrogen-bond donors (Lipinski definition) is 0. The van der Waals surface area contributed by atoms with Crippen molar-refractivity contribution < 1.29 is 9.59 Å². The number of Topliss-reactive ketones (excluding diaryl/α,β-unsaturated/α-hetero) is 2. The van der Waals surface area contributed by atoms with Gasteiger partial charge in [0.1, 0.15) is 11.6 Å². The van der Waals surface area contributed by atoms with Crippen LogP contribution >= 0.6 is 0 Å². The molecule has 2 nitrogen and oxygen atoms in total. The summed E-state index contributed by atoms with van der Waals surface area (Å²) in [5, 5.41) is 0. The van der Waals surface area contributed by atoms with E-state index in [1.807, 2.05) is 0 Å². The van der Waals surface area contributed by atoms with E-state index < -0.39 is 0 Å². The van der Waals surface area contributed by atoms with Crippen LogP contribution in [0.1, 0.15) is 77.0 Å². The van der Waals surface area contributed by atoms with E-state index in [2.05, 4.69) is 0 Å². The summed E-state index contributed by atoms with van der Waals surface area (Å²) in [5.74, 6) is 1.88. The first-order chi connectivity index (χ1) is 8.75. The van der Waals surface area contributed by atoms with Gasteiger partial charge in [0, 0.05) is 25.7 Å². The molecule has 0 heterocycles. The van der Waals surface area contributed by atoms with Gasteiger partial charge in [-0.25, -0.2) is 0 Å². The molecule has 0 aromatic rings. The molecule has 102 valence electrons. The van der Waals surface area contributed by atoms with E-state index in [0.29, 0.717) is 23.4 Å². The molecule has 0 radical (unpaired) electrons. The van der Waals surface area contributed by atoms with Crippen LogP contribution in [0, 0.1) is 11.8 Å². The Kier molecular flexibility index (Phi) is 5.40. The quantitative estimate of drug-likeness (QED) is 0.703. The third-order valence-corrected chi connectivity index (χ3v) is 4.71. The first kappa shape index (κ1) is 13.8. The number of carbonyl (C=O) groups is 2. The van der Waals surface area contributed by atoms with Gasteiger partial charge in [0.15, 0.2) is 0 Å². The molecule has 18 heavy (non-hydrogen) atoms. The highest BCUT2D eigenvalue weighted by Crippen LogP contribution is 2.34. The predicted octanol–water partition coefficient (Wildman–Crippen LogP) is 4.07. The van der Waals surface area contributed by atoms with Crippen molar-refractivity contribution in [3.05, 3.63) is 0 Å². The van der Waals surface area contributed by atoms with Crippen LogP contribution in [0.5, 0.6) is 0 Å². The van der Waals surface area contributed by atoms with Crippen molar-refractivity contribution in [1.29, 1.82) is 0 Å². The van der Waals surface area contributed by atoms with Gasteiger partial charge in [-0.05, 0) is 37.5 Å². The molecule has 2 unspecified atom stereocenters. The smallest absolute Gasteiger partial charge is 0.133 e. The van der Waals surface area contributed by atoms with Crippen LogP contribution in [-0.2, 0) is 9.59 Å². The van der Waals surface area contributed by atoms with Gasteiger partial charge in [0.2, 0.25) is 0 Å². The summed E-state index contributed by atoms with van der Waals surface area (Å²) in [6.07, 6.45) is 12.4. The van der Waals surface area contributed by atoms with E-state index >= 15 is 0 Å². The molecule has 2 saturated carbocycles. The van der Waals surface area contributed by atoms with Gasteiger partial charge < -0.3 is 0 Å². The lowest BCUT2D eigenvalue weighted by Crippen LogP contribution is -2.24. The van der Waals surface area contributed by atoms with Crippen molar-refractivity contribution in [2.24, 2.45) is 11.8 Å². The number of carbonyl (C=O) groups excluding carboxylic acids is 2. The molecule has 0 N–H and O–H groups in total. The minimum absolute atomic E-state index is 0.439. The van der Waals surface area contributed by atoms with Gasteiger partial charge in [-0.15, -0.1) is 0 Å². The largest absolute Gasteiger partial charge is 0.300 e. The molecule has 0 aromatic carbocycles. The molecule has 0 aliphatic heterocycles. The standard InChI is InChI=1S/C16H26O2/c17-15-9-5-1-3-7-13(11-15)14-8-4-2-6-10-16(18)12-14/h13-14H,1-12H2. The molecule has 2 fully saturated rings. The number of rotatable bonds is 1. The normalized spacial score (nSPS) is 32.2. The zero-order chi connectivity index (χ0) is 12.8. The average Bonchev–Trinajstić information content (AvgIpc) is 2.28. The molecule has 0 aromatic heterocycles. The summed E-state index contributed by atoms with van der Waals surface area (Å²) in [5.41, 5.74) is 0. The Morgan fingerprint density at radius 2 is 1.06 bits per heavy atom. The zero-order valence-electron chi connectivity index (χ0n) is 11.5. The third kappa shape index (κ3) is 4.22. The fourth-order valence-corrected chi connectivity index (χ4v) is 3.61. The van der Waals surface area contributed by atoms with Crippen LogP contribution in [0.25, 0.3) is 0 Å². The lowest BCUT2D eigenvalue weighted by Gasteiger charge is -2.29. The first-order valence-corrected chi connectivity index (χ1v) is 7.79. The highest BCUT2D eigenvalue weighted by molar-refractivity contribution is 5.80. The highest BCUT2D eigenvalue weighted by atomic mass is 16.1. The van der Waals surface area contributed by atoms with Crippen LogP contribution in [0.4, 0.5) is 0 Å². The maximum absolute atomic E-state index is 11.8. The fourth-order valence-electron chi connectivity index (χ4n) is 3.61. The molecule has 2 aliphatic rings. The van der Waals surface area contributed by atoms with E-state index in [9.17, 15) is 9.59 Å². The Labute approximate surface area is 111 Å². The van der Waals surface area contributed by atoms with Crippen LogP contribution in [-0.4, -0.2) is 11.6 Å². The minimum Gasteiger partial charge on any atom is -0.300 e. The molecular formula is C16H26O2. The minimum atomic E-state index is 0.439. The SMILES string of the molecule is O=C1CCCCCC(C2CCCCCC(=O)C2)C1. The lowest BCUT2D eigenvalue weighted by molar-refractivity contribution is -0.124. The van der Waals surface area contributed by atoms with Crippen molar-refractivity contribution >= 4 is 11.6 Å². The second kappa shape index (κ2) is 7.06. The summed E-state index contributed by atoms with van der Waals surface area (Å²) in [6, 6.07) is 0. The number of ketones is 2. The van der Waals surface area contributed by atoms with Crippen molar-refractivity contribution in [1.82, 2.24) is 0 Å². The molecule has 2 heteroatoms. The Morgan fingerprint density at radius 1 is 0.611 bits per heavy atom. The van der Waals surface area contributed by atoms with Gasteiger partial charge in [0.25, 0.3) is 0 Å². The van der Waals surface area contributed by atoms with Gasteiger partial charge in [0.05, 0.1) is 0 Å². The van der Waals surface area contributed by atoms with E-state index in [4.69, 9.17) is 0 Å². The second-order valence-electron chi connectivity index (χ2n) is 6.20. The summed E-state index contributed by atoms with van der Waals surface area (Å²) in [4.78, 5) is 23.7. The van der Waals surface area contributed by atoms with E-state index in [1.54, 1.807) is 0 Å². The lowest BCUT2D eigenvalue weighted by atomic mass is 9.75. The molecule has 0 spiro atoms. The molecule has 2 atom stereocenters. The Bertz CT molecular complexity index is 265. The summed E-state index contributed by atoms with van der Waals surface area (Å²) in [6.45, 7) is 0. The summed E-state index contributed by atoms with van der Waals surface area (Å²) < 4.78 is 0. The Morgan fingerprint density at radius 3 is 1.50 bits per heavy atom. The Hall–Kier alpha value is -0.660. The Balaban J connectivity index is 1.96. The van der Waals surface area contributed by atoms with E-state index in [1.165, 1.54) is 38.5 Å². The van der Waals surface area contributed by atoms with Gasteiger partial charge in [-0.2, -0.15) is 0 Å². The van der Waals surface area contributed by atoms with Gasteiger partial charge in [-0.3, -0.25) is 9.59 Å². The molecule has 0 bridgehead atoms. The van der Waals surface area contributed by atoms with E-state index in [0.717, 1.165) is 38.5 Å². The van der Waals surface area contributed by atoms with Crippen molar-refractivity contribution in [3.63, 3.8) is 0 Å². The molecule has 0 saturated heterocycles. The van der Waals surface area contributed by atoms with Crippen molar-refractivity contribution in [2.75, 3.05) is 0 Å². The number of hydrogen-bond acceptors (Lipinski definition) is 2. The molecular weight excluding hydrogens is 224 g/mol.